The summed E-state index contributed by atoms with van der Waals surface area (Å²) in [6.45, 7) is 2.83. The molecular weight excluding hydrogens is 290 g/mol. The fraction of sp³-hybridized carbons (Fsp3) is 0.667. The molecule has 2 fully saturated rings. The molecule has 2 atom stereocenters. The first-order chi connectivity index (χ1) is 11.2. The maximum atomic E-state index is 12.4. The van der Waals surface area contributed by atoms with Crippen LogP contribution in [0.3, 0.4) is 0 Å². The normalized spacial score (nSPS) is 24.3. The highest BCUT2D eigenvalue weighted by Crippen LogP contribution is 2.39. The number of hydrogen-bond donors (Lipinski definition) is 2. The summed E-state index contributed by atoms with van der Waals surface area (Å²) < 4.78 is 6.03. The van der Waals surface area contributed by atoms with E-state index in [1.807, 2.05) is 12.1 Å². The molecule has 1 aromatic rings. The molecule has 1 spiro atoms. The van der Waals surface area contributed by atoms with Crippen LogP contribution in [-0.2, 0) is 4.74 Å². The summed E-state index contributed by atoms with van der Waals surface area (Å²) in [4.78, 5) is 16.4. The predicted molar refractivity (Wildman–Crippen MR) is 89.1 cm³/mol. The standard InChI is InChI=1S/C18H27N3O2/c1-2-16(14-5-10-19-11-6-14)21-17(22)20-15-7-12-23-18(13-15)8-3-4-9-18/h5-6,10-11,15-16H,2-4,7-9,12-13H2,1H3,(H2,20,21,22)/t15-,16+/m1/s1. The molecule has 23 heavy (non-hydrogen) atoms. The first kappa shape index (κ1) is 16.2. The lowest BCUT2D eigenvalue weighted by atomic mass is 9.89. The van der Waals surface area contributed by atoms with Crippen LogP contribution in [0.2, 0.25) is 0 Å². The van der Waals surface area contributed by atoms with Crippen molar-refractivity contribution in [3.8, 4) is 0 Å². The number of carbonyl (C=O) groups excluding carboxylic acids is 1. The van der Waals surface area contributed by atoms with E-state index >= 15 is 0 Å². The molecule has 1 aliphatic carbocycles. The summed E-state index contributed by atoms with van der Waals surface area (Å²) in [5.41, 5.74) is 1.13. The molecule has 126 valence electrons. The Kier molecular flexibility index (Phi) is 5.16. The van der Waals surface area contributed by atoms with Crippen molar-refractivity contribution in [3.05, 3.63) is 30.1 Å². The lowest BCUT2D eigenvalue weighted by molar-refractivity contribution is -0.0820. The van der Waals surface area contributed by atoms with Crippen molar-refractivity contribution in [2.75, 3.05) is 6.61 Å². The van der Waals surface area contributed by atoms with Gasteiger partial charge in [0.2, 0.25) is 0 Å². The lowest BCUT2D eigenvalue weighted by Crippen LogP contribution is -2.50. The Bertz CT molecular complexity index is 514. The van der Waals surface area contributed by atoms with E-state index in [0.29, 0.717) is 0 Å². The van der Waals surface area contributed by atoms with E-state index in [9.17, 15) is 4.79 Å². The summed E-state index contributed by atoms with van der Waals surface area (Å²) >= 11 is 0. The highest BCUT2D eigenvalue weighted by molar-refractivity contribution is 5.74. The fourth-order valence-electron chi connectivity index (χ4n) is 3.92. The highest BCUT2D eigenvalue weighted by Gasteiger charge is 2.40. The van der Waals surface area contributed by atoms with E-state index in [-0.39, 0.29) is 23.7 Å². The van der Waals surface area contributed by atoms with Crippen molar-refractivity contribution in [1.82, 2.24) is 15.6 Å². The number of urea groups is 1. The molecule has 0 bridgehead atoms. The maximum absolute atomic E-state index is 12.4. The minimum absolute atomic E-state index is 0.0262. The van der Waals surface area contributed by atoms with Gasteiger partial charge in [-0.3, -0.25) is 4.98 Å². The van der Waals surface area contributed by atoms with Crippen molar-refractivity contribution in [1.29, 1.82) is 0 Å². The molecule has 2 aliphatic rings. The molecule has 2 N–H and O–H groups in total. The largest absolute Gasteiger partial charge is 0.375 e. The Morgan fingerprint density at radius 3 is 2.83 bits per heavy atom. The van der Waals surface area contributed by atoms with Gasteiger partial charge in [0.25, 0.3) is 0 Å². The number of amides is 2. The third-order valence-electron chi connectivity index (χ3n) is 5.17. The molecule has 1 saturated heterocycles. The van der Waals surface area contributed by atoms with Crippen molar-refractivity contribution < 1.29 is 9.53 Å². The molecule has 1 saturated carbocycles. The van der Waals surface area contributed by atoms with Gasteiger partial charge in [-0.1, -0.05) is 19.8 Å². The van der Waals surface area contributed by atoms with Crippen molar-refractivity contribution in [3.63, 3.8) is 0 Å². The summed E-state index contributed by atoms with van der Waals surface area (Å²) in [6, 6.07) is 4.08. The minimum Gasteiger partial charge on any atom is -0.375 e. The molecule has 1 aromatic heterocycles. The predicted octanol–water partition coefficient (Wildman–Crippen LogP) is 3.32. The zero-order valence-electron chi connectivity index (χ0n) is 13.9. The fourth-order valence-corrected chi connectivity index (χ4v) is 3.92. The molecular formula is C18H27N3O2. The first-order valence-corrected chi connectivity index (χ1v) is 8.82. The number of nitrogens with one attached hydrogen (secondary N) is 2. The Hall–Kier alpha value is -1.62. The van der Waals surface area contributed by atoms with Crippen molar-refractivity contribution in [2.45, 2.75) is 69.6 Å². The second-order valence-corrected chi connectivity index (χ2v) is 6.79. The zero-order chi connectivity index (χ0) is 16.1. The van der Waals surface area contributed by atoms with Crippen LogP contribution in [0.4, 0.5) is 4.79 Å². The zero-order valence-corrected chi connectivity index (χ0v) is 13.9. The van der Waals surface area contributed by atoms with Crippen LogP contribution in [0.5, 0.6) is 0 Å². The van der Waals surface area contributed by atoms with Gasteiger partial charge in [0.15, 0.2) is 0 Å². The number of carbonyl (C=O) groups is 1. The van der Waals surface area contributed by atoms with Gasteiger partial charge in [-0.2, -0.15) is 0 Å². The molecule has 2 amide bonds. The third-order valence-corrected chi connectivity index (χ3v) is 5.17. The summed E-state index contributed by atoms with van der Waals surface area (Å²) in [5.74, 6) is 0. The van der Waals surface area contributed by atoms with Crippen LogP contribution in [0.25, 0.3) is 0 Å². The van der Waals surface area contributed by atoms with Gasteiger partial charge in [-0.15, -0.1) is 0 Å². The Balaban J connectivity index is 1.54. The third kappa shape index (κ3) is 4.02. The number of rotatable bonds is 4. The van der Waals surface area contributed by atoms with Crippen LogP contribution >= 0.6 is 0 Å². The van der Waals surface area contributed by atoms with Gasteiger partial charge >= 0.3 is 6.03 Å². The molecule has 0 radical (unpaired) electrons. The molecule has 5 nitrogen and oxygen atoms in total. The van der Waals surface area contributed by atoms with Crippen molar-refractivity contribution >= 4 is 6.03 Å². The monoisotopic (exact) mass is 317 g/mol. The van der Waals surface area contributed by atoms with Crippen LogP contribution in [0.15, 0.2) is 24.5 Å². The maximum Gasteiger partial charge on any atom is 0.315 e. The minimum atomic E-state index is -0.0753. The number of hydrogen-bond acceptors (Lipinski definition) is 3. The summed E-state index contributed by atoms with van der Waals surface area (Å²) in [5, 5.41) is 6.25. The molecule has 2 heterocycles. The van der Waals surface area contributed by atoms with E-state index < -0.39 is 0 Å². The van der Waals surface area contributed by atoms with Gasteiger partial charge in [0.05, 0.1) is 11.6 Å². The highest BCUT2D eigenvalue weighted by atomic mass is 16.5. The average Bonchev–Trinajstić information content (AvgIpc) is 3.01. The molecule has 0 unspecified atom stereocenters. The Morgan fingerprint density at radius 1 is 1.39 bits per heavy atom. The van der Waals surface area contributed by atoms with Crippen LogP contribution in [-0.4, -0.2) is 29.3 Å². The van der Waals surface area contributed by atoms with E-state index in [1.165, 1.54) is 12.8 Å². The Labute approximate surface area is 138 Å². The lowest BCUT2D eigenvalue weighted by Gasteiger charge is -2.38. The van der Waals surface area contributed by atoms with E-state index in [2.05, 4.69) is 22.5 Å². The summed E-state index contributed by atoms with van der Waals surface area (Å²) in [7, 11) is 0. The van der Waals surface area contributed by atoms with Crippen LogP contribution in [0, 0.1) is 0 Å². The van der Waals surface area contributed by atoms with Crippen molar-refractivity contribution in [2.24, 2.45) is 0 Å². The quantitative estimate of drug-likeness (QED) is 0.895. The Morgan fingerprint density at radius 2 is 2.13 bits per heavy atom. The molecule has 0 aromatic carbocycles. The average molecular weight is 317 g/mol. The first-order valence-electron chi connectivity index (χ1n) is 8.82. The number of ether oxygens (including phenoxy) is 1. The smallest absolute Gasteiger partial charge is 0.315 e. The second-order valence-electron chi connectivity index (χ2n) is 6.79. The number of pyridine rings is 1. The second kappa shape index (κ2) is 7.30. The van der Waals surface area contributed by atoms with E-state index in [4.69, 9.17) is 4.74 Å². The topological polar surface area (TPSA) is 63.2 Å². The number of aromatic nitrogens is 1. The van der Waals surface area contributed by atoms with Gasteiger partial charge in [0.1, 0.15) is 0 Å². The van der Waals surface area contributed by atoms with Gasteiger partial charge in [-0.05, 0) is 49.8 Å². The number of nitrogens with zero attached hydrogens (tertiary/aromatic N) is 1. The van der Waals surface area contributed by atoms with E-state index in [1.54, 1.807) is 12.4 Å². The van der Waals surface area contributed by atoms with Gasteiger partial charge in [0, 0.05) is 25.0 Å². The van der Waals surface area contributed by atoms with Crippen LogP contribution < -0.4 is 10.6 Å². The van der Waals surface area contributed by atoms with Crippen LogP contribution in [0.1, 0.15) is 63.5 Å². The molecule has 3 rings (SSSR count). The molecule has 1 aliphatic heterocycles. The molecule has 5 heteroatoms. The SMILES string of the molecule is CC[C@H](NC(=O)N[C@@H]1CCOC2(CCCC2)C1)c1ccncc1. The summed E-state index contributed by atoms with van der Waals surface area (Å²) in [6.07, 6.45) is 11.0. The van der Waals surface area contributed by atoms with Gasteiger partial charge < -0.3 is 15.4 Å². The van der Waals surface area contributed by atoms with E-state index in [0.717, 1.165) is 44.3 Å². The van der Waals surface area contributed by atoms with Gasteiger partial charge in [-0.25, -0.2) is 4.79 Å².